The summed E-state index contributed by atoms with van der Waals surface area (Å²) >= 11 is 0.904. The van der Waals surface area contributed by atoms with E-state index in [9.17, 15) is 20.4 Å². The van der Waals surface area contributed by atoms with Crippen LogP contribution in [0.25, 0.3) is 11.1 Å². The summed E-state index contributed by atoms with van der Waals surface area (Å²) in [6, 6.07) is 19.5. The predicted octanol–water partition coefficient (Wildman–Crippen LogP) is 4.00. The lowest BCUT2D eigenvalue weighted by Gasteiger charge is -2.16. The lowest BCUT2D eigenvalue weighted by Crippen LogP contribution is -2.10. The van der Waals surface area contributed by atoms with Crippen LogP contribution in [-0.2, 0) is 4.79 Å². The van der Waals surface area contributed by atoms with E-state index in [2.05, 4.69) is 11.1 Å². The molecule has 148 valence electrons. The summed E-state index contributed by atoms with van der Waals surface area (Å²) in [5, 5.41) is 28.4. The Labute approximate surface area is 177 Å². The molecule has 8 heteroatoms. The standard InChI is InChI=1S/C22H16N4O3S/c1-29-15-9-7-13(8-10-15)18-16(11-23)20(25)26-21(17(18)12-24)30-19(22(27)28)14-5-3-2-4-6-14/h2-10,19H,1H3,(H2,25,26)(H,27,28). The van der Waals surface area contributed by atoms with Gasteiger partial charge in [0.15, 0.2) is 0 Å². The molecule has 3 aromatic rings. The zero-order chi connectivity index (χ0) is 21.7. The highest BCUT2D eigenvalue weighted by Gasteiger charge is 2.27. The van der Waals surface area contributed by atoms with Crippen LogP contribution in [0.2, 0.25) is 0 Å². The summed E-state index contributed by atoms with van der Waals surface area (Å²) < 4.78 is 5.16. The van der Waals surface area contributed by atoms with E-state index < -0.39 is 11.2 Å². The van der Waals surface area contributed by atoms with Crippen LogP contribution in [0.15, 0.2) is 59.6 Å². The fourth-order valence-electron chi connectivity index (χ4n) is 2.93. The van der Waals surface area contributed by atoms with Crippen LogP contribution in [0.4, 0.5) is 5.82 Å². The number of carbonyl (C=O) groups is 1. The van der Waals surface area contributed by atoms with Crippen molar-refractivity contribution in [1.29, 1.82) is 10.5 Å². The summed E-state index contributed by atoms with van der Waals surface area (Å²) in [4.78, 5) is 16.1. The lowest BCUT2D eigenvalue weighted by molar-refractivity contribution is -0.136. The first-order chi connectivity index (χ1) is 14.5. The first-order valence-corrected chi connectivity index (χ1v) is 9.60. The average molecular weight is 416 g/mol. The number of anilines is 1. The molecule has 0 fully saturated rings. The number of aliphatic carboxylic acids is 1. The van der Waals surface area contributed by atoms with Gasteiger partial charge in [-0.25, -0.2) is 4.98 Å². The van der Waals surface area contributed by atoms with Crippen molar-refractivity contribution in [2.75, 3.05) is 12.8 Å². The molecular weight excluding hydrogens is 400 g/mol. The predicted molar refractivity (Wildman–Crippen MR) is 113 cm³/mol. The number of nitrogens with zero attached hydrogens (tertiary/aromatic N) is 3. The van der Waals surface area contributed by atoms with E-state index in [1.165, 1.54) is 7.11 Å². The van der Waals surface area contributed by atoms with Gasteiger partial charge in [0.1, 0.15) is 39.5 Å². The molecule has 0 aliphatic carbocycles. The molecule has 1 heterocycles. The number of pyridine rings is 1. The van der Waals surface area contributed by atoms with Gasteiger partial charge in [-0.15, -0.1) is 0 Å². The number of carboxylic acid groups (broad SMARTS) is 1. The van der Waals surface area contributed by atoms with Crippen molar-refractivity contribution in [1.82, 2.24) is 4.98 Å². The Morgan fingerprint density at radius 2 is 1.73 bits per heavy atom. The van der Waals surface area contributed by atoms with Crippen molar-refractivity contribution in [3.8, 4) is 29.0 Å². The maximum atomic E-state index is 11.9. The monoisotopic (exact) mass is 416 g/mol. The third-order valence-electron chi connectivity index (χ3n) is 4.35. The van der Waals surface area contributed by atoms with Crippen LogP contribution in [-0.4, -0.2) is 23.2 Å². The van der Waals surface area contributed by atoms with Crippen molar-refractivity contribution in [2.45, 2.75) is 10.3 Å². The molecule has 0 aliphatic rings. The molecule has 1 unspecified atom stereocenters. The molecule has 0 spiro atoms. The van der Waals surface area contributed by atoms with Gasteiger partial charge in [0.2, 0.25) is 0 Å². The zero-order valence-electron chi connectivity index (χ0n) is 15.9. The number of rotatable bonds is 6. The Bertz CT molecular complexity index is 1170. The minimum Gasteiger partial charge on any atom is -0.497 e. The van der Waals surface area contributed by atoms with Crippen LogP contribution in [0, 0.1) is 22.7 Å². The Balaban J connectivity index is 2.18. The van der Waals surface area contributed by atoms with Gasteiger partial charge in [-0.05, 0) is 23.3 Å². The molecular formula is C22H16N4O3S. The molecule has 0 aliphatic heterocycles. The van der Waals surface area contributed by atoms with Crippen molar-refractivity contribution < 1.29 is 14.6 Å². The molecule has 1 aromatic heterocycles. The smallest absolute Gasteiger partial charge is 0.321 e. The molecule has 1 atom stereocenters. The molecule has 30 heavy (non-hydrogen) atoms. The first-order valence-electron chi connectivity index (χ1n) is 8.72. The molecule has 7 nitrogen and oxygen atoms in total. The van der Waals surface area contributed by atoms with Crippen molar-refractivity contribution in [3.05, 3.63) is 71.3 Å². The number of benzene rings is 2. The van der Waals surface area contributed by atoms with Gasteiger partial charge in [0, 0.05) is 5.56 Å². The summed E-state index contributed by atoms with van der Waals surface area (Å²) in [5.41, 5.74) is 7.61. The second kappa shape index (κ2) is 8.99. The fraction of sp³-hybridized carbons (Fsp3) is 0.0909. The third kappa shape index (κ3) is 4.04. The van der Waals surface area contributed by atoms with Gasteiger partial charge in [0.05, 0.1) is 12.7 Å². The van der Waals surface area contributed by atoms with Crippen LogP contribution in [0.1, 0.15) is 21.9 Å². The van der Waals surface area contributed by atoms with Crippen LogP contribution in [0.5, 0.6) is 5.75 Å². The van der Waals surface area contributed by atoms with E-state index in [4.69, 9.17) is 10.5 Å². The second-order valence-electron chi connectivity index (χ2n) is 6.13. The van der Waals surface area contributed by atoms with E-state index in [1.807, 2.05) is 6.07 Å². The van der Waals surface area contributed by atoms with Gasteiger partial charge in [0.25, 0.3) is 0 Å². The van der Waals surface area contributed by atoms with Crippen molar-refractivity contribution in [2.24, 2.45) is 0 Å². The lowest BCUT2D eigenvalue weighted by atomic mass is 9.97. The largest absolute Gasteiger partial charge is 0.497 e. The summed E-state index contributed by atoms with van der Waals surface area (Å²) in [5.74, 6) is -0.532. The number of nitriles is 2. The van der Waals surface area contributed by atoms with Crippen LogP contribution >= 0.6 is 11.8 Å². The van der Waals surface area contributed by atoms with Crippen molar-refractivity contribution >= 4 is 23.5 Å². The summed E-state index contributed by atoms with van der Waals surface area (Å²) in [6.07, 6.45) is 0. The molecule has 0 amide bonds. The molecule has 2 aromatic carbocycles. The molecule has 0 saturated heterocycles. The maximum absolute atomic E-state index is 11.9. The Kier molecular flexibility index (Phi) is 6.21. The molecule has 0 radical (unpaired) electrons. The quantitative estimate of drug-likeness (QED) is 0.576. The Morgan fingerprint density at radius 1 is 1.10 bits per heavy atom. The van der Waals surface area contributed by atoms with E-state index in [1.54, 1.807) is 54.6 Å². The normalized spacial score (nSPS) is 11.2. The van der Waals surface area contributed by atoms with Gasteiger partial charge in [-0.2, -0.15) is 10.5 Å². The van der Waals surface area contributed by atoms with Crippen LogP contribution < -0.4 is 10.5 Å². The Hall–Kier alpha value is -4.01. The minimum atomic E-state index is -1.08. The molecule has 3 N–H and O–H groups in total. The highest BCUT2D eigenvalue weighted by atomic mass is 32.2. The van der Waals surface area contributed by atoms with Gasteiger partial charge >= 0.3 is 5.97 Å². The zero-order valence-corrected chi connectivity index (χ0v) is 16.7. The highest BCUT2D eigenvalue weighted by molar-refractivity contribution is 8.00. The fourth-order valence-corrected chi connectivity index (χ4v) is 3.96. The summed E-state index contributed by atoms with van der Waals surface area (Å²) in [6.45, 7) is 0. The molecule has 0 saturated carbocycles. The number of thioether (sulfide) groups is 1. The highest BCUT2D eigenvalue weighted by Crippen LogP contribution is 2.41. The van der Waals surface area contributed by atoms with Crippen molar-refractivity contribution in [3.63, 3.8) is 0 Å². The van der Waals surface area contributed by atoms with Gasteiger partial charge in [-0.1, -0.05) is 54.2 Å². The molecule has 3 rings (SSSR count). The average Bonchev–Trinajstić information content (AvgIpc) is 2.77. The van der Waals surface area contributed by atoms with E-state index >= 15 is 0 Å². The SMILES string of the molecule is COc1ccc(-c2c(C#N)c(N)nc(SC(C(=O)O)c3ccccc3)c2C#N)cc1. The summed E-state index contributed by atoms with van der Waals surface area (Å²) in [7, 11) is 1.53. The number of nitrogen functional groups attached to an aromatic ring is 1. The second-order valence-corrected chi connectivity index (χ2v) is 7.22. The number of aromatic nitrogens is 1. The van der Waals surface area contributed by atoms with Gasteiger partial charge in [-0.3, -0.25) is 4.79 Å². The van der Waals surface area contributed by atoms with E-state index in [-0.39, 0.29) is 22.0 Å². The minimum absolute atomic E-state index is 0.0626. The third-order valence-corrected chi connectivity index (χ3v) is 5.58. The number of ether oxygens (including phenoxy) is 1. The topological polar surface area (TPSA) is 133 Å². The number of hydrogen-bond donors (Lipinski definition) is 2. The first kappa shape index (κ1) is 20.7. The van der Waals surface area contributed by atoms with E-state index in [0.29, 0.717) is 22.4 Å². The maximum Gasteiger partial charge on any atom is 0.321 e. The number of hydrogen-bond acceptors (Lipinski definition) is 7. The van der Waals surface area contributed by atoms with E-state index in [0.717, 1.165) is 11.8 Å². The number of carboxylic acids is 1. The van der Waals surface area contributed by atoms with Gasteiger partial charge < -0.3 is 15.6 Å². The molecule has 0 bridgehead atoms. The Morgan fingerprint density at radius 3 is 2.27 bits per heavy atom. The number of methoxy groups -OCH3 is 1. The number of nitrogens with two attached hydrogens (primary N) is 1. The van der Waals surface area contributed by atoms with Crippen LogP contribution in [0.3, 0.4) is 0 Å².